The highest BCUT2D eigenvalue weighted by Gasteiger charge is 2.06. The first-order valence-electron chi connectivity index (χ1n) is 5.76. The molecule has 0 saturated carbocycles. The average Bonchev–Trinajstić information content (AvgIpc) is 2.90. The van der Waals surface area contributed by atoms with E-state index in [2.05, 4.69) is 4.98 Å². The molecule has 0 saturated heterocycles. The van der Waals surface area contributed by atoms with Crippen LogP contribution in [0.1, 0.15) is 16.3 Å². The van der Waals surface area contributed by atoms with Gasteiger partial charge in [0.25, 0.3) is 5.56 Å². The molecule has 2 aromatic heterocycles. The first-order chi connectivity index (χ1) is 9.28. The molecule has 0 radical (unpaired) electrons. The molecule has 0 aliphatic carbocycles. The van der Waals surface area contributed by atoms with Gasteiger partial charge >= 0.3 is 0 Å². The van der Waals surface area contributed by atoms with Crippen molar-refractivity contribution in [3.63, 3.8) is 0 Å². The molecule has 5 heteroatoms. The highest BCUT2D eigenvalue weighted by Crippen LogP contribution is 2.09. The van der Waals surface area contributed by atoms with Gasteiger partial charge in [0.1, 0.15) is 5.76 Å². The summed E-state index contributed by atoms with van der Waals surface area (Å²) in [5.74, 6) is 0.790. The van der Waals surface area contributed by atoms with E-state index >= 15 is 0 Å². The molecule has 1 aromatic carbocycles. The van der Waals surface area contributed by atoms with E-state index in [9.17, 15) is 9.59 Å². The first kappa shape index (κ1) is 11.4. The zero-order valence-corrected chi connectivity index (χ0v) is 9.95. The predicted octanol–water partition coefficient (Wildman–Crippen LogP) is 1.85. The third-order valence-electron chi connectivity index (χ3n) is 2.86. The van der Waals surface area contributed by atoms with Crippen LogP contribution in [0, 0.1) is 0 Å². The van der Waals surface area contributed by atoms with Crippen molar-refractivity contribution in [2.24, 2.45) is 0 Å². The van der Waals surface area contributed by atoms with Gasteiger partial charge in [-0.15, -0.1) is 0 Å². The van der Waals surface area contributed by atoms with Crippen molar-refractivity contribution in [3.05, 3.63) is 64.6 Å². The molecule has 0 amide bonds. The van der Waals surface area contributed by atoms with Crippen molar-refractivity contribution in [2.75, 3.05) is 0 Å². The number of para-hydroxylation sites is 1. The predicted molar refractivity (Wildman–Crippen MR) is 69.2 cm³/mol. The molecule has 0 bridgehead atoms. The third kappa shape index (κ3) is 2.06. The van der Waals surface area contributed by atoms with Gasteiger partial charge in [0.2, 0.25) is 0 Å². The Labute approximate surface area is 108 Å². The van der Waals surface area contributed by atoms with Crippen LogP contribution in [0.3, 0.4) is 0 Å². The van der Waals surface area contributed by atoms with Crippen LogP contribution in [0.2, 0.25) is 0 Å². The van der Waals surface area contributed by atoms with E-state index in [1.54, 1.807) is 30.3 Å². The zero-order chi connectivity index (χ0) is 13.2. The highest BCUT2D eigenvalue weighted by atomic mass is 16.3. The van der Waals surface area contributed by atoms with Gasteiger partial charge < -0.3 is 4.42 Å². The number of nitrogens with zero attached hydrogens (tertiary/aromatic N) is 2. The largest absolute Gasteiger partial charge is 0.456 e. The molecule has 5 nitrogen and oxygen atoms in total. The SMILES string of the molecule is O=Cc1ccc(Cn2cnc3ccccc3c2=O)o1. The number of fused-ring (bicyclic) bond motifs is 1. The Balaban J connectivity index is 2.03. The Morgan fingerprint density at radius 3 is 2.84 bits per heavy atom. The smallest absolute Gasteiger partial charge is 0.261 e. The van der Waals surface area contributed by atoms with Crippen molar-refractivity contribution < 1.29 is 9.21 Å². The summed E-state index contributed by atoms with van der Waals surface area (Å²) in [6, 6.07) is 10.4. The van der Waals surface area contributed by atoms with Crippen molar-refractivity contribution in [3.8, 4) is 0 Å². The van der Waals surface area contributed by atoms with E-state index in [0.29, 0.717) is 22.9 Å². The molecular weight excluding hydrogens is 244 g/mol. The van der Waals surface area contributed by atoms with E-state index < -0.39 is 0 Å². The van der Waals surface area contributed by atoms with Gasteiger partial charge in [-0.25, -0.2) is 4.98 Å². The summed E-state index contributed by atoms with van der Waals surface area (Å²) in [5.41, 5.74) is 0.534. The molecule has 0 aliphatic rings. The molecular formula is C14H10N2O3. The van der Waals surface area contributed by atoms with Gasteiger partial charge in [-0.3, -0.25) is 14.2 Å². The van der Waals surface area contributed by atoms with Crippen LogP contribution in [0.4, 0.5) is 0 Å². The normalized spacial score (nSPS) is 10.7. The minimum atomic E-state index is -0.130. The number of rotatable bonds is 3. The summed E-state index contributed by atoms with van der Waals surface area (Å²) in [5, 5.41) is 0.562. The Bertz CT molecular complexity index is 802. The van der Waals surface area contributed by atoms with E-state index in [4.69, 9.17) is 4.42 Å². The van der Waals surface area contributed by atoms with Gasteiger partial charge in [-0.05, 0) is 24.3 Å². The van der Waals surface area contributed by atoms with Crippen LogP contribution in [-0.2, 0) is 6.54 Å². The maximum atomic E-state index is 12.2. The van der Waals surface area contributed by atoms with Crippen LogP contribution in [0.5, 0.6) is 0 Å². The number of benzene rings is 1. The summed E-state index contributed by atoms with van der Waals surface area (Å²) in [7, 11) is 0. The highest BCUT2D eigenvalue weighted by molar-refractivity contribution is 5.76. The molecule has 2 heterocycles. The maximum absolute atomic E-state index is 12.2. The van der Waals surface area contributed by atoms with Crippen LogP contribution in [0.15, 0.2) is 51.9 Å². The second-order valence-electron chi connectivity index (χ2n) is 4.12. The minimum Gasteiger partial charge on any atom is -0.456 e. The van der Waals surface area contributed by atoms with Crippen LogP contribution >= 0.6 is 0 Å². The molecule has 3 rings (SSSR count). The van der Waals surface area contributed by atoms with Crippen molar-refractivity contribution in [2.45, 2.75) is 6.54 Å². The zero-order valence-electron chi connectivity index (χ0n) is 9.95. The number of furan rings is 1. The monoisotopic (exact) mass is 254 g/mol. The second kappa shape index (κ2) is 4.53. The van der Waals surface area contributed by atoms with E-state index in [-0.39, 0.29) is 17.9 Å². The Kier molecular flexibility index (Phi) is 2.72. The number of hydrogen-bond donors (Lipinski definition) is 0. The van der Waals surface area contributed by atoms with Crippen molar-refractivity contribution in [1.29, 1.82) is 0 Å². The molecule has 94 valence electrons. The van der Waals surface area contributed by atoms with Gasteiger partial charge in [0.05, 0.1) is 23.8 Å². The number of carbonyl (C=O) groups excluding carboxylic acids is 1. The minimum absolute atomic E-state index is 0.130. The Hall–Kier alpha value is -2.69. The molecule has 0 fully saturated rings. The van der Waals surface area contributed by atoms with E-state index in [0.717, 1.165) is 0 Å². The number of carbonyl (C=O) groups is 1. The van der Waals surface area contributed by atoms with Gasteiger partial charge in [-0.2, -0.15) is 0 Å². The lowest BCUT2D eigenvalue weighted by atomic mass is 10.2. The molecule has 19 heavy (non-hydrogen) atoms. The fourth-order valence-corrected chi connectivity index (χ4v) is 1.93. The average molecular weight is 254 g/mol. The summed E-state index contributed by atoms with van der Waals surface area (Å²) in [6.07, 6.45) is 2.11. The molecule has 0 atom stereocenters. The second-order valence-corrected chi connectivity index (χ2v) is 4.12. The fraction of sp³-hybridized carbons (Fsp3) is 0.0714. The van der Waals surface area contributed by atoms with Gasteiger partial charge in [0, 0.05) is 0 Å². The lowest BCUT2D eigenvalue weighted by Crippen LogP contribution is -2.20. The lowest BCUT2D eigenvalue weighted by Gasteiger charge is -2.04. The maximum Gasteiger partial charge on any atom is 0.261 e. The van der Waals surface area contributed by atoms with Crippen molar-refractivity contribution in [1.82, 2.24) is 9.55 Å². The summed E-state index contributed by atoms with van der Waals surface area (Å²) in [4.78, 5) is 27.0. The van der Waals surface area contributed by atoms with Gasteiger partial charge in [-0.1, -0.05) is 12.1 Å². The first-order valence-corrected chi connectivity index (χ1v) is 5.76. The molecule has 3 aromatic rings. The quantitative estimate of drug-likeness (QED) is 0.669. The Morgan fingerprint density at radius 1 is 1.21 bits per heavy atom. The lowest BCUT2D eigenvalue weighted by molar-refractivity contribution is 0.109. The number of hydrogen-bond acceptors (Lipinski definition) is 4. The summed E-state index contributed by atoms with van der Waals surface area (Å²) in [6.45, 7) is 0.254. The third-order valence-corrected chi connectivity index (χ3v) is 2.86. The van der Waals surface area contributed by atoms with Crippen LogP contribution < -0.4 is 5.56 Å². The van der Waals surface area contributed by atoms with Crippen LogP contribution in [0.25, 0.3) is 10.9 Å². The van der Waals surface area contributed by atoms with Crippen molar-refractivity contribution >= 4 is 17.2 Å². The van der Waals surface area contributed by atoms with Gasteiger partial charge in [0.15, 0.2) is 12.0 Å². The number of aldehydes is 1. The molecule has 0 unspecified atom stereocenters. The molecule has 0 aliphatic heterocycles. The summed E-state index contributed by atoms with van der Waals surface area (Å²) < 4.78 is 6.70. The number of aromatic nitrogens is 2. The topological polar surface area (TPSA) is 65.1 Å². The Morgan fingerprint density at radius 2 is 2.05 bits per heavy atom. The summed E-state index contributed by atoms with van der Waals surface area (Å²) >= 11 is 0. The van der Waals surface area contributed by atoms with E-state index in [1.165, 1.54) is 10.9 Å². The fourth-order valence-electron chi connectivity index (χ4n) is 1.93. The molecule has 0 N–H and O–H groups in total. The standard InChI is InChI=1S/C14H10N2O3/c17-8-11-6-5-10(19-11)7-16-9-15-13-4-2-1-3-12(13)14(16)18/h1-6,8-9H,7H2. The van der Waals surface area contributed by atoms with Crippen LogP contribution in [-0.4, -0.2) is 15.8 Å². The molecule has 0 spiro atoms. The van der Waals surface area contributed by atoms with E-state index in [1.807, 2.05) is 6.07 Å².